The fraction of sp³-hybridized carbons (Fsp3) is 0.143. The molecular weight excluding hydrogens is 749 g/mol. The average Bonchev–Trinajstić information content (AvgIpc) is 3.87. The topological polar surface area (TPSA) is 105 Å². The summed E-state index contributed by atoms with van der Waals surface area (Å²) in [5.41, 5.74) is 2.37. The van der Waals surface area contributed by atoms with Crippen LogP contribution in [0.1, 0.15) is 34.4 Å². The molecule has 286 valence electrons. The lowest BCUT2D eigenvalue weighted by molar-refractivity contribution is -0.140. The predicted octanol–water partition coefficient (Wildman–Crippen LogP) is 10.5. The molecule has 0 saturated heterocycles. The maximum atomic E-state index is 16.1. The van der Waals surface area contributed by atoms with Gasteiger partial charge in [0.15, 0.2) is 17.4 Å². The second-order valence-electron chi connectivity index (χ2n) is 12.7. The maximum absolute atomic E-state index is 16.1. The molecular formula is C42H34F4N3O6P. The zero-order chi connectivity index (χ0) is 39.2. The fourth-order valence-corrected chi connectivity index (χ4v) is 7.67. The van der Waals surface area contributed by atoms with Gasteiger partial charge in [-0.05, 0) is 52.9 Å². The van der Waals surface area contributed by atoms with Gasteiger partial charge in [-0.2, -0.15) is 0 Å². The van der Waals surface area contributed by atoms with Crippen LogP contribution in [0.4, 0.5) is 17.6 Å². The second kappa shape index (κ2) is 16.8. The number of aromatic amines is 1. The molecule has 0 saturated carbocycles. The first kappa shape index (κ1) is 38.3. The van der Waals surface area contributed by atoms with Crippen molar-refractivity contribution in [3.8, 4) is 22.9 Å². The molecule has 0 aliphatic rings. The van der Waals surface area contributed by atoms with Crippen LogP contribution in [0.15, 0.2) is 122 Å². The highest BCUT2D eigenvalue weighted by atomic mass is 31.2. The molecule has 2 heterocycles. The normalized spacial score (nSPS) is 11.6. The SMILES string of the molecule is COC(=O)CCc1cccc(Cc2cnc(-c3cc(Oc4c(F)cc5c(ccn5P(=O)(OCc5ccccc5)OCc5ccccc5)c4F)ccc3F)[nH]2)c1F. The molecule has 0 unspecified atom stereocenters. The summed E-state index contributed by atoms with van der Waals surface area (Å²) in [6, 6.07) is 28.6. The van der Waals surface area contributed by atoms with Gasteiger partial charge in [-0.3, -0.25) is 18.2 Å². The van der Waals surface area contributed by atoms with E-state index in [0.717, 1.165) is 16.5 Å². The number of benzene rings is 5. The highest BCUT2D eigenvalue weighted by Gasteiger charge is 2.32. The number of esters is 1. The van der Waals surface area contributed by atoms with Crippen molar-refractivity contribution in [1.29, 1.82) is 0 Å². The minimum Gasteiger partial charge on any atom is -0.469 e. The van der Waals surface area contributed by atoms with E-state index in [9.17, 15) is 9.36 Å². The van der Waals surface area contributed by atoms with Crippen LogP contribution in [0.2, 0.25) is 0 Å². The molecule has 0 aliphatic carbocycles. The first-order valence-electron chi connectivity index (χ1n) is 17.4. The Morgan fingerprint density at radius 3 is 2.14 bits per heavy atom. The van der Waals surface area contributed by atoms with E-state index in [-0.39, 0.29) is 60.5 Å². The largest absolute Gasteiger partial charge is 0.469 e. The van der Waals surface area contributed by atoms with Crippen molar-refractivity contribution < 1.29 is 45.4 Å². The molecule has 0 spiro atoms. The molecule has 0 fully saturated rings. The van der Waals surface area contributed by atoms with Crippen molar-refractivity contribution in [2.45, 2.75) is 32.5 Å². The quantitative estimate of drug-likeness (QED) is 0.0627. The van der Waals surface area contributed by atoms with E-state index in [2.05, 4.69) is 14.7 Å². The number of fused-ring (bicyclic) bond motifs is 1. The number of imidazole rings is 1. The van der Waals surface area contributed by atoms with Gasteiger partial charge >= 0.3 is 13.7 Å². The molecule has 7 aromatic rings. The van der Waals surface area contributed by atoms with Gasteiger partial charge in [0.2, 0.25) is 0 Å². The third-order valence-electron chi connectivity index (χ3n) is 8.97. The van der Waals surface area contributed by atoms with Crippen LogP contribution >= 0.6 is 7.75 Å². The van der Waals surface area contributed by atoms with Gasteiger partial charge in [-0.1, -0.05) is 78.9 Å². The number of H-pyrrole nitrogens is 1. The van der Waals surface area contributed by atoms with Crippen LogP contribution in [0.3, 0.4) is 0 Å². The van der Waals surface area contributed by atoms with Crippen molar-refractivity contribution in [3.05, 3.63) is 173 Å². The summed E-state index contributed by atoms with van der Waals surface area (Å²) in [5, 5.41) is -0.132. The number of hydrogen-bond acceptors (Lipinski definition) is 7. The number of aryl methyl sites for hydroxylation is 1. The molecule has 5 aromatic carbocycles. The second-order valence-corrected chi connectivity index (χ2v) is 14.6. The number of aromatic nitrogens is 3. The zero-order valence-corrected chi connectivity index (χ0v) is 30.8. The Bertz CT molecular complexity index is 2500. The van der Waals surface area contributed by atoms with Gasteiger partial charge in [0, 0.05) is 42.4 Å². The summed E-state index contributed by atoms with van der Waals surface area (Å²) in [5.74, 6) is -4.68. The maximum Gasteiger partial charge on any atom is 0.439 e. The summed E-state index contributed by atoms with van der Waals surface area (Å²) in [6.45, 7) is -0.212. The number of nitrogens with one attached hydrogen (secondary N) is 1. The first-order chi connectivity index (χ1) is 27.1. The van der Waals surface area contributed by atoms with Crippen LogP contribution in [-0.4, -0.2) is 27.4 Å². The lowest BCUT2D eigenvalue weighted by Crippen LogP contribution is -2.05. The Kier molecular flexibility index (Phi) is 11.5. The van der Waals surface area contributed by atoms with E-state index in [4.69, 9.17) is 13.8 Å². The predicted molar refractivity (Wildman–Crippen MR) is 201 cm³/mol. The van der Waals surface area contributed by atoms with E-state index >= 15 is 17.6 Å². The van der Waals surface area contributed by atoms with E-state index in [1.165, 1.54) is 37.7 Å². The van der Waals surface area contributed by atoms with Crippen molar-refractivity contribution >= 4 is 24.6 Å². The number of nitrogens with zero attached hydrogens (tertiary/aromatic N) is 2. The van der Waals surface area contributed by atoms with Crippen molar-refractivity contribution in [2.24, 2.45) is 0 Å². The fourth-order valence-electron chi connectivity index (χ4n) is 6.07. The first-order valence-corrected chi connectivity index (χ1v) is 18.9. The molecule has 0 radical (unpaired) electrons. The van der Waals surface area contributed by atoms with Gasteiger partial charge in [0.05, 0.1) is 31.4 Å². The van der Waals surface area contributed by atoms with E-state index < -0.39 is 42.7 Å². The highest BCUT2D eigenvalue weighted by molar-refractivity contribution is 7.52. The molecule has 7 rings (SSSR count). The molecule has 9 nitrogen and oxygen atoms in total. The number of methoxy groups -OCH3 is 1. The highest BCUT2D eigenvalue weighted by Crippen LogP contribution is 2.54. The third kappa shape index (κ3) is 8.45. The summed E-state index contributed by atoms with van der Waals surface area (Å²) in [6.07, 6.45) is 2.98. The molecule has 1 N–H and O–H groups in total. The monoisotopic (exact) mass is 783 g/mol. The Morgan fingerprint density at radius 1 is 0.786 bits per heavy atom. The third-order valence-corrected chi connectivity index (χ3v) is 10.8. The molecule has 14 heteroatoms. The summed E-state index contributed by atoms with van der Waals surface area (Å²) in [7, 11) is -2.99. The lowest BCUT2D eigenvalue weighted by Gasteiger charge is -2.21. The number of rotatable bonds is 15. The minimum absolute atomic E-state index is 0.0214. The zero-order valence-electron chi connectivity index (χ0n) is 29.9. The minimum atomic E-state index is -4.25. The van der Waals surface area contributed by atoms with Crippen LogP contribution in [0.25, 0.3) is 22.3 Å². The van der Waals surface area contributed by atoms with Crippen LogP contribution < -0.4 is 4.74 Å². The molecule has 2 aromatic heterocycles. The van der Waals surface area contributed by atoms with Gasteiger partial charge < -0.3 is 14.5 Å². The molecule has 56 heavy (non-hydrogen) atoms. The van der Waals surface area contributed by atoms with Crippen molar-refractivity contribution in [2.75, 3.05) is 7.11 Å². The van der Waals surface area contributed by atoms with Gasteiger partial charge in [0.25, 0.3) is 0 Å². The van der Waals surface area contributed by atoms with Crippen LogP contribution in [0, 0.1) is 23.3 Å². The summed E-state index contributed by atoms with van der Waals surface area (Å²) < 4.78 is 99.8. The number of carbonyl (C=O) groups is 1. The van der Waals surface area contributed by atoms with Gasteiger partial charge in [-0.15, -0.1) is 0 Å². The Morgan fingerprint density at radius 2 is 1.46 bits per heavy atom. The standard InChI is InChI=1S/C42H34F4N3O6P/c1-52-38(50)18-15-29-13-8-14-30(39(29)45)21-31-24-47-42(48-31)34-22-32(16-17-35(34)43)55-41-36(44)23-37-33(40(41)46)19-20-49(37)56(51,53-25-27-9-4-2-5-10-27)54-26-28-11-6-3-7-12-28/h2-14,16-17,19-20,22-24H,15,18,21,25-26H2,1H3,(H,47,48). The Labute approximate surface area is 319 Å². The van der Waals surface area contributed by atoms with E-state index in [1.54, 1.807) is 66.7 Å². The average molecular weight is 784 g/mol. The Balaban J connectivity index is 1.13. The van der Waals surface area contributed by atoms with E-state index in [1.807, 2.05) is 12.1 Å². The van der Waals surface area contributed by atoms with Crippen LogP contribution in [0.5, 0.6) is 11.5 Å². The smallest absolute Gasteiger partial charge is 0.439 e. The Hall–Kier alpha value is -6.01. The van der Waals surface area contributed by atoms with E-state index in [0.29, 0.717) is 27.9 Å². The van der Waals surface area contributed by atoms with Gasteiger partial charge in [-0.25, -0.2) is 27.1 Å². The summed E-state index contributed by atoms with van der Waals surface area (Å²) in [4.78, 5) is 18.8. The number of ether oxygens (including phenoxy) is 2. The van der Waals surface area contributed by atoms with Gasteiger partial charge in [0.1, 0.15) is 23.2 Å². The number of hydrogen-bond donors (Lipinski definition) is 1. The molecule has 0 atom stereocenters. The lowest BCUT2D eigenvalue weighted by atomic mass is 10.0. The van der Waals surface area contributed by atoms with Crippen molar-refractivity contribution in [1.82, 2.24) is 14.3 Å². The molecule has 0 aliphatic heterocycles. The number of carbonyl (C=O) groups excluding carboxylic acids is 1. The number of halogens is 4. The molecule has 0 bridgehead atoms. The van der Waals surface area contributed by atoms with Crippen molar-refractivity contribution in [3.63, 3.8) is 0 Å². The van der Waals surface area contributed by atoms with Crippen LogP contribution in [-0.2, 0) is 49.2 Å². The summed E-state index contributed by atoms with van der Waals surface area (Å²) >= 11 is 0. The molecule has 0 amide bonds.